The van der Waals surface area contributed by atoms with E-state index in [1.807, 2.05) is 0 Å². The van der Waals surface area contributed by atoms with Gasteiger partial charge in [-0.05, 0) is 30.0 Å². The first kappa shape index (κ1) is 21.0. The van der Waals surface area contributed by atoms with E-state index in [4.69, 9.17) is 8.85 Å². The lowest BCUT2D eigenvalue weighted by Crippen LogP contribution is -2.44. The van der Waals surface area contributed by atoms with E-state index in [1.54, 1.807) is 0 Å². The highest BCUT2D eigenvalue weighted by atomic mass is 28.4. The Kier molecular flexibility index (Phi) is 9.20. The smallest absolute Gasteiger partial charge is 0.398 e. The van der Waals surface area contributed by atoms with Gasteiger partial charge in [0, 0.05) is 12.0 Å². The van der Waals surface area contributed by atoms with Crippen LogP contribution in [-0.4, -0.2) is 15.2 Å². The quantitative estimate of drug-likeness (QED) is 0.268. The average molecular weight is 373 g/mol. The Morgan fingerprint density at radius 1 is 0.731 bits per heavy atom. The Balaban J connectivity index is 1.90. The van der Waals surface area contributed by atoms with Gasteiger partial charge in [0.05, 0.1) is 0 Å². The molecule has 144 valence electrons. The predicted molar refractivity (Wildman–Crippen MR) is 115 cm³/mol. The van der Waals surface area contributed by atoms with E-state index in [-0.39, 0.29) is 0 Å². The van der Waals surface area contributed by atoms with Crippen LogP contribution in [0.4, 0.5) is 0 Å². The molecule has 0 unspecified atom stereocenters. The maximum Gasteiger partial charge on any atom is 0.398 e. The van der Waals surface area contributed by atoms with E-state index < -0.39 is 8.56 Å². The van der Waals surface area contributed by atoms with Gasteiger partial charge in [-0.15, -0.1) is 0 Å². The van der Waals surface area contributed by atoms with Gasteiger partial charge in [0.2, 0.25) is 0 Å². The zero-order valence-corrected chi connectivity index (χ0v) is 17.9. The second-order valence-corrected chi connectivity index (χ2v) is 10.9. The van der Waals surface area contributed by atoms with Crippen LogP contribution < -0.4 is 4.43 Å². The fourth-order valence-electron chi connectivity index (χ4n) is 3.43. The predicted octanol–water partition coefficient (Wildman–Crippen LogP) is 7.47. The highest BCUT2D eigenvalue weighted by Gasteiger charge is 2.36. The summed E-state index contributed by atoms with van der Waals surface area (Å²) in [5.74, 6) is 0.984. The van der Waals surface area contributed by atoms with Crippen molar-refractivity contribution in [3.63, 3.8) is 0 Å². The number of benzene rings is 2. The number of fused-ring (bicyclic) bond motifs is 1. The van der Waals surface area contributed by atoms with E-state index in [0.29, 0.717) is 0 Å². The molecule has 0 spiro atoms. The van der Waals surface area contributed by atoms with Gasteiger partial charge >= 0.3 is 8.56 Å². The Labute approximate surface area is 161 Å². The number of hydrogen-bond donors (Lipinski definition) is 0. The molecule has 0 saturated heterocycles. The lowest BCUT2D eigenvalue weighted by atomic mass is 10.1. The standard InChI is InChI=1S/C23H36O2Si/c1-4-7-8-9-10-11-14-20-24-26(5-2,6-3)25-23-19-15-17-21-16-12-13-18-22(21)23/h12-13,15-19H,4-11,14,20H2,1-3H3. The molecule has 0 saturated carbocycles. The molecule has 3 heteroatoms. The molecule has 26 heavy (non-hydrogen) atoms. The monoisotopic (exact) mass is 372 g/mol. The van der Waals surface area contributed by atoms with Gasteiger partial charge in [-0.25, -0.2) is 0 Å². The molecule has 2 aromatic rings. The Morgan fingerprint density at radius 3 is 2.12 bits per heavy atom. The summed E-state index contributed by atoms with van der Waals surface area (Å²) in [6.45, 7) is 7.53. The minimum atomic E-state index is -2.18. The van der Waals surface area contributed by atoms with Gasteiger partial charge in [0.15, 0.2) is 0 Å². The van der Waals surface area contributed by atoms with E-state index >= 15 is 0 Å². The normalized spacial score (nSPS) is 11.8. The molecule has 2 rings (SSSR count). The lowest BCUT2D eigenvalue weighted by molar-refractivity contribution is 0.231. The van der Waals surface area contributed by atoms with Crippen molar-refractivity contribution in [2.45, 2.75) is 77.8 Å². The van der Waals surface area contributed by atoms with Crippen molar-refractivity contribution in [3.05, 3.63) is 42.5 Å². The molecular weight excluding hydrogens is 336 g/mol. The molecule has 0 aliphatic heterocycles. The first-order valence-corrected chi connectivity index (χ1v) is 12.8. The molecule has 0 radical (unpaired) electrons. The van der Waals surface area contributed by atoms with Crippen LogP contribution in [0.5, 0.6) is 5.75 Å². The van der Waals surface area contributed by atoms with E-state index in [1.165, 1.54) is 49.3 Å². The maximum atomic E-state index is 6.59. The van der Waals surface area contributed by atoms with Crippen molar-refractivity contribution in [2.75, 3.05) is 6.61 Å². The first-order chi connectivity index (χ1) is 12.7. The summed E-state index contributed by atoms with van der Waals surface area (Å²) in [7, 11) is -2.18. The topological polar surface area (TPSA) is 18.5 Å². The zero-order chi connectivity index (χ0) is 18.7. The summed E-state index contributed by atoms with van der Waals surface area (Å²) in [6.07, 6.45) is 9.19. The molecule has 0 atom stereocenters. The number of hydrogen-bond acceptors (Lipinski definition) is 2. The molecule has 0 aliphatic rings. The van der Waals surface area contributed by atoms with Crippen LogP contribution in [0.1, 0.15) is 65.7 Å². The van der Waals surface area contributed by atoms with Gasteiger partial charge in [0.1, 0.15) is 5.75 Å². The van der Waals surface area contributed by atoms with Crippen LogP contribution in [0.15, 0.2) is 42.5 Å². The molecule has 0 fully saturated rings. The van der Waals surface area contributed by atoms with Crippen molar-refractivity contribution in [3.8, 4) is 5.75 Å². The van der Waals surface area contributed by atoms with Crippen LogP contribution in [0.3, 0.4) is 0 Å². The summed E-state index contributed by atoms with van der Waals surface area (Å²) in [5.41, 5.74) is 0. The Morgan fingerprint density at radius 2 is 1.38 bits per heavy atom. The molecule has 0 heterocycles. The van der Waals surface area contributed by atoms with Gasteiger partial charge < -0.3 is 8.85 Å². The Hall–Kier alpha value is -1.32. The number of rotatable bonds is 13. The molecule has 0 bridgehead atoms. The summed E-state index contributed by atoms with van der Waals surface area (Å²) < 4.78 is 13.0. The fourth-order valence-corrected chi connectivity index (χ4v) is 5.78. The van der Waals surface area contributed by atoms with Crippen LogP contribution in [0.2, 0.25) is 12.1 Å². The van der Waals surface area contributed by atoms with E-state index in [9.17, 15) is 0 Å². The van der Waals surface area contributed by atoms with Crippen LogP contribution in [0, 0.1) is 0 Å². The summed E-state index contributed by atoms with van der Waals surface area (Å²) in [5, 5.41) is 2.42. The van der Waals surface area contributed by atoms with Crippen molar-refractivity contribution in [1.29, 1.82) is 0 Å². The van der Waals surface area contributed by atoms with Crippen LogP contribution in [0.25, 0.3) is 10.8 Å². The molecular formula is C23H36O2Si. The van der Waals surface area contributed by atoms with E-state index in [0.717, 1.165) is 30.9 Å². The molecule has 2 aromatic carbocycles. The second-order valence-electron chi connectivity index (χ2n) is 7.17. The minimum Gasteiger partial charge on any atom is -0.520 e. The SMILES string of the molecule is CCCCCCCCCO[Si](CC)(CC)Oc1cccc2ccccc12. The van der Waals surface area contributed by atoms with Gasteiger partial charge in [-0.3, -0.25) is 0 Å². The largest absolute Gasteiger partial charge is 0.520 e. The third-order valence-electron chi connectivity index (χ3n) is 5.24. The highest BCUT2D eigenvalue weighted by molar-refractivity contribution is 6.68. The van der Waals surface area contributed by atoms with Crippen LogP contribution in [-0.2, 0) is 4.43 Å². The minimum absolute atomic E-state index is 0.840. The van der Waals surface area contributed by atoms with Gasteiger partial charge in [-0.1, -0.05) is 95.7 Å². The van der Waals surface area contributed by atoms with Crippen molar-refractivity contribution < 1.29 is 8.85 Å². The third-order valence-corrected chi connectivity index (χ3v) is 8.71. The molecule has 0 amide bonds. The van der Waals surface area contributed by atoms with Crippen LogP contribution >= 0.6 is 0 Å². The van der Waals surface area contributed by atoms with Gasteiger partial charge in [0.25, 0.3) is 0 Å². The van der Waals surface area contributed by atoms with Crippen molar-refractivity contribution in [1.82, 2.24) is 0 Å². The molecule has 0 aromatic heterocycles. The first-order valence-electron chi connectivity index (χ1n) is 10.6. The Bertz CT molecular complexity index is 632. The van der Waals surface area contributed by atoms with E-state index in [2.05, 4.69) is 63.2 Å². The van der Waals surface area contributed by atoms with Gasteiger partial charge in [-0.2, -0.15) is 0 Å². The second kappa shape index (κ2) is 11.4. The summed E-state index contributed by atoms with van der Waals surface area (Å²) in [6, 6.07) is 16.7. The maximum absolute atomic E-state index is 6.59. The third kappa shape index (κ3) is 6.13. The van der Waals surface area contributed by atoms with Crippen molar-refractivity contribution >= 4 is 19.3 Å². The molecule has 0 aliphatic carbocycles. The lowest BCUT2D eigenvalue weighted by Gasteiger charge is -2.30. The average Bonchev–Trinajstić information content (AvgIpc) is 2.69. The number of unbranched alkanes of at least 4 members (excludes halogenated alkanes) is 6. The summed E-state index contributed by atoms with van der Waals surface area (Å²) >= 11 is 0. The zero-order valence-electron chi connectivity index (χ0n) is 16.9. The summed E-state index contributed by atoms with van der Waals surface area (Å²) in [4.78, 5) is 0. The molecule has 0 N–H and O–H groups in total. The fraction of sp³-hybridized carbons (Fsp3) is 0.565. The molecule has 2 nitrogen and oxygen atoms in total. The highest BCUT2D eigenvalue weighted by Crippen LogP contribution is 2.30. The van der Waals surface area contributed by atoms with Crippen molar-refractivity contribution in [2.24, 2.45) is 0 Å².